The Labute approximate surface area is 91.9 Å². The molecule has 2 atom stereocenters. The van der Waals surface area contributed by atoms with Gasteiger partial charge < -0.3 is 15.1 Å². The molecule has 4 nitrogen and oxygen atoms in total. The summed E-state index contributed by atoms with van der Waals surface area (Å²) in [6.45, 7) is 0. The van der Waals surface area contributed by atoms with Crippen LogP contribution in [0.25, 0.3) is 0 Å². The van der Waals surface area contributed by atoms with Crippen molar-refractivity contribution >= 4 is 5.97 Å². The highest BCUT2D eigenvalue weighted by Crippen LogP contribution is 2.46. The fraction of sp³-hybridized carbons (Fsp3) is 0.900. The van der Waals surface area contributed by atoms with Crippen molar-refractivity contribution in [1.29, 1.82) is 0 Å². The molecule has 2 heterocycles. The zero-order valence-corrected chi connectivity index (χ0v) is 8.99. The zero-order valence-electron chi connectivity index (χ0n) is 8.99. The van der Waals surface area contributed by atoms with Gasteiger partial charge in [0, 0.05) is 12.1 Å². The van der Waals surface area contributed by atoms with Crippen LogP contribution in [0.2, 0.25) is 0 Å². The Morgan fingerprint density at radius 2 is 1.81 bits per heavy atom. The van der Waals surface area contributed by atoms with E-state index in [9.17, 15) is 18.7 Å². The van der Waals surface area contributed by atoms with E-state index in [-0.39, 0.29) is 24.9 Å². The van der Waals surface area contributed by atoms with Gasteiger partial charge in [0.2, 0.25) is 0 Å². The lowest BCUT2D eigenvalue weighted by molar-refractivity contribution is -0.223. The van der Waals surface area contributed by atoms with E-state index in [1.54, 1.807) is 0 Å². The summed E-state index contributed by atoms with van der Waals surface area (Å²) < 4.78 is 26.9. The summed E-state index contributed by atoms with van der Waals surface area (Å²) in [6.07, 6.45) is 1.16. The Hall–Kier alpha value is -0.750. The minimum atomic E-state index is -4.06. The number of aliphatic carboxylic acids is 1. The van der Waals surface area contributed by atoms with Gasteiger partial charge in [-0.05, 0) is 32.7 Å². The van der Waals surface area contributed by atoms with Gasteiger partial charge >= 0.3 is 11.9 Å². The molecule has 0 radical (unpaired) electrons. The summed E-state index contributed by atoms with van der Waals surface area (Å²) in [5.41, 5.74) is -2.39. The number of hydrogen-bond donors (Lipinski definition) is 2. The standard InChI is InChI=1S/C10H15F2NO3/c1-13-6-2-3-7(13)5-9(16,4-6)10(11,12)8(14)15/h6-7,16H,2-5H2,1H3,(H,14,15). The molecule has 2 bridgehead atoms. The first kappa shape index (κ1) is 11.7. The molecule has 2 aliphatic heterocycles. The van der Waals surface area contributed by atoms with Gasteiger partial charge in [-0.3, -0.25) is 0 Å². The molecule has 2 unspecified atom stereocenters. The smallest absolute Gasteiger partial charge is 0.377 e. The Morgan fingerprint density at radius 1 is 1.38 bits per heavy atom. The molecule has 2 aliphatic rings. The van der Waals surface area contributed by atoms with Crippen LogP contribution in [-0.2, 0) is 4.79 Å². The van der Waals surface area contributed by atoms with Crippen molar-refractivity contribution in [1.82, 2.24) is 4.90 Å². The second-order valence-electron chi connectivity index (χ2n) is 4.87. The summed E-state index contributed by atoms with van der Waals surface area (Å²) in [4.78, 5) is 12.5. The highest BCUT2D eigenvalue weighted by atomic mass is 19.3. The molecule has 16 heavy (non-hydrogen) atoms. The minimum Gasteiger partial charge on any atom is -0.477 e. The van der Waals surface area contributed by atoms with Crippen molar-refractivity contribution in [3.63, 3.8) is 0 Å². The maximum atomic E-state index is 13.4. The highest BCUT2D eigenvalue weighted by molar-refractivity contribution is 5.77. The number of fused-ring (bicyclic) bond motifs is 2. The van der Waals surface area contributed by atoms with E-state index in [1.807, 2.05) is 11.9 Å². The van der Waals surface area contributed by atoms with E-state index in [2.05, 4.69) is 0 Å². The average Bonchev–Trinajstić information content (AvgIpc) is 2.43. The number of piperidine rings is 1. The van der Waals surface area contributed by atoms with Crippen LogP contribution < -0.4 is 0 Å². The molecule has 0 aliphatic carbocycles. The van der Waals surface area contributed by atoms with E-state index >= 15 is 0 Å². The number of carboxylic acids is 1. The summed E-state index contributed by atoms with van der Waals surface area (Å²) in [7, 11) is 1.83. The molecule has 0 amide bonds. The van der Waals surface area contributed by atoms with Gasteiger partial charge in [0.05, 0.1) is 0 Å². The van der Waals surface area contributed by atoms with Gasteiger partial charge in [0.15, 0.2) is 0 Å². The summed E-state index contributed by atoms with van der Waals surface area (Å²) in [5, 5.41) is 18.4. The first-order chi connectivity index (χ1) is 7.28. The normalized spacial score (nSPS) is 40.0. The van der Waals surface area contributed by atoms with E-state index < -0.39 is 17.5 Å². The van der Waals surface area contributed by atoms with Crippen molar-refractivity contribution in [2.45, 2.75) is 49.3 Å². The Morgan fingerprint density at radius 3 is 2.19 bits per heavy atom. The fourth-order valence-electron chi connectivity index (χ4n) is 2.90. The lowest BCUT2D eigenvalue weighted by Crippen LogP contribution is -2.61. The Kier molecular flexibility index (Phi) is 2.47. The summed E-state index contributed by atoms with van der Waals surface area (Å²) >= 11 is 0. The van der Waals surface area contributed by atoms with Crippen molar-refractivity contribution in [2.75, 3.05) is 7.05 Å². The van der Waals surface area contributed by atoms with Crippen LogP contribution in [0.4, 0.5) is 8.78 Å². The zero-order chi connectivity index (χ0) is 12.1. The van der Waals surface area contributed by atoms with Gasteiger partial charge in [-0.2, -0.15) is 8.78 Å². The largest absolute Gasteiger partial charge is 0.477 e. The lowest BCUT2D eigenvalue weighted by Gasteiger charge is -2.44. The number of halogens is 2. The number of carbonyl (C=O) groups is 1. The Balaban J connectivity index is 2.25. The topological polar surface area (TPSA) is 60.8 Å². The molecular weight excluding hydrogens is 220 g/mol. The number of carboxylic acid groups (broad SMARTS) is 1. The number of aliphatic hydroxyl groups is 1. The van der Waals surface area contributed by atoms with Crippen molar-refractivity contribution in [3.8, 4) is 0 Å². The van der Waals surface area contributed by atoms with Gasteiger partial charge in [-0.25, -0.2) is 4.79 Å². The second kappa shape index (κ2) is 3.37. The molecule has 0 saturated carbocycles. The molecule has 2 rings (SSSR count). The first-order valence-corrected chi connectivity index (χ1v) is 5.33. The molecule has 0 aromatic carbocycles. The van der Waals surface area contributed by atoms with Crippen LogP contribution in [0.5, 0.6) is 0 Å². The van der Waals surface area contributed by atoms with Crippen LogP contribution in [0.3, 0.4) is 0 Å². The quantitative estimate of drug-likeness (QED) is 0.739. The SMILES string of the molecule is CN1C2CCC1CC(O)(C(F)(F)C(=O)O)C2. The lowest BCUT2D eigenvalue weighted by atomic mass is 9.81. The van der Waals surface area contributed by atoms with Crippen LogP contribution >= 0.6 is 0 Å². The molecular formula is C10H15F2NO3. The molecule has 0 spiro atoms. The monoisotopic (exact) mass is 235 g/mol. The molecule has 2 N–H and O–H groups in total. The van der Waals surface area contributed by atoms with Crippen molar-refractivity contribution < 1.29 is 23.8 Å². The third-order valence-electron chi connectivity index (χ3n) is 3.98. The fourth-order valence-corrected chi connectivity index (χ4v) is 2.90. The molecule has 6 heteroatoms. The maximum Gasteiger partial charge on any atom is 0.377 e. The highest BCUT2D eigenvalue weighted by Gasteiger charge is 2.63. The summed E-state index contributed by atoms with van der Waals surface area (Å²) in [5.74, 6) is -6.30. The van der Waals surface area contributed by atoms with Crippen molar-refractivity contribution in [3.05, 3.63) is 0 Å². The van der Waals surface area contributed by atoms with Gasteiger partial charge in [0.1, 0.15) is 5.60 Å². The van der Waals surface area contributed by atoms with Gasteiger partial charge in [0.25, 0.3) is 0 Å². The van der Waals surface area contributed by atoms with E-state index in [1.165, 1.54) is 0 Å². The molecule has 2 saturated heterocycles. The van der Waals surface area contributed by atoms with E-state index in [0.29, 0.717) is 0 Å². The molecule has 0 aromatic rings. The first-order valence-electron chi connectivity index (χ1n) is 5.33. The van der Waals surface area contributed by atoms with Gasteiger partial charge in [-0.1, -0.05) is 0 Å². The number of alkyl halides is 2. The van der Waals surface area contributed by atoms with Crippen LogP contribution in [-0.4, -0.2) is 51.7 Å². The summed E-state index contributed by atoms with van der Waals surface area (Å²) in [6, 6.07) is -0.261. The maximum absolute atomic E-state index is 13.4. The van der Waals surface area contributed by atoms with Crippen LogP contribution in [0, 0.1) is 0 Å². The third-order valence-corrected chi connectivity index (χ3v) is 3.98. The number of hydrogen-bond acceptors (Lipinski definition) is 3. The second-order valence-corrected chi connectivity index (χ2v) is 4.87. The third kappa shape index (κ3) is 1.43. The predicted octanol–water partition coefficient (Wildman–Crippen LogP) is 0.694. The number of nitrogens with zero attached hydrogens (tertiary/aromatic N) is 1. The molecule has 0 aromatic heterocycles. The van der Waals surface area contributed by atoms with Crippen LogP contribution in [0.1, 0.15) is 25.7 Å². The average molecular weight is 235 g/mol. The van der Waals surface area contributed by atoms with Gasteiger partial charge in [-0.15, -0.1) is 0 Å². The minimum absolute atomic E-state index is 0.131. The predicted molar refractivity (Wildman–Crippen MR) is 51.3 cm³/mol. The van der Waals surface area contributed by atoms with Crippen molar-refractivity contribution in [2.24, 2.45) is 0 Å². The Bertz CT molecular complexity index is 307. The molecule has 92 valence electrons. The van der Waals surface area contributed by atoms with E-state index in [4.69, 9.17) is 5.11 Å². The molecule has 2 fully saturated rings. The van der Waals surface area contributed by atoms with E-state index in [0.717, 1.165) is 12.8 Å². The van der Waals surface area contributed by atoms with Crippen LogP contribution in [0.15, 0.2) is 0 Å². The number of rotatable bonds is 2.